The van der Waals surface area contributed by atoms with Crippen molar-refractivity contribution in [2.75, 3.05) is 26.4 Å². The van der Waals surface area contributed by atoms with Crippen molar-refractivity contribution in [2.24, 2.45) is 11.3 Å². The van der Waals surface area contributed by atoms with Gasteiger partial charge in [-0.1, -0.05) is 78.1 Å². The largest absolute Gasteiger partial charge is 0.466 e. The maximum atomic E-state index is 12.3. The van der Waals surface area contributed by atoms with Crippen LogP contribution in [0.1, 0.15) is 104 Å². The van der Waals surface area contributed by atoms with Crippen molar-refractivity contribution in [2.45, 2.75) is 104 Å². The first-order chi connectivity index (χ1) is 13.6. The lowest BCUT2D eigenvalue weighted by Crippen LogP contribution is -2.35. The Kier molecular flexibility index (Phi) is 18.0. The standard InChI is InChI=1S/C23H46O5/c1-3-5-7-9-10-12-14-21(13-11-8-6-4-2)17-22(27)28-16-15-23(18-24,19-25)20-26/h21,24-26H,3-20H2,1-2H3. The van der Waals surface area contributed by atoms with Crippen LogP contribution in [0.3, 0.4) is 0 Å². The zero-order valence-corrected chi connectivity index (χ0v) is 18.5. The summed E-state index contributed by atoms with van der Waals surface area (Å²) in [6.45, 7) is 3.58. The van der Waals surface area contributed by atoms with Gasteiger partial charge in [-0.3, -0.25) is 4.79 Å². The molecular formula is C23H46O5. The van der Waals surface area contributed by atoms with E-state index in [4.69, 9.17) is 4.74 Å². The Bertz CT molecular complexity index is 347. The Morgan fingerprint density at radius 2 is 1.25 bits per heavy atom. The van der Waals surface area contributed by atoms with Crippen LogP contribution in [0.25, 0.3) is 0 Å². The SMILES string of the molecule is CCCCCCCCC(CCCCCC)CC(=O)OCCC(CO)(CO)CO. The van der Waals surface area contributed by atoms with E-state index in [1.54, 1.807) is 0 Å². The van der Waals surface area contributed by atoms with Crippen molar-refractivity contribution < 1.29 is 24.9 Å². The van der Waals surface area contributed by atoms with E-state index in [2.05, 4.69) is 13.8 Å². The molecule has 0 bridgehead atoms. The molecule has 0 aromatic carbocycles. The van der Waals surface area contributed by atoms with Crippen LogP contribution in [0.5, 0.6) is 0 Å². The van der Waals surface area contributed by atoms with E-state index in [0.29, 0.717) is 12.3 Å². The predicted molar refractivity (Wildman–Crippen MR) is 114 cm³/mol. The second-order valence-electron chi connectivity index (χ2n) is 8.42. The summed E-state index contributed by atoms with van der Waals surface area (Å²) in [4.78, 5) is 12.3. The summed E-state index contributed by atoms with van der Waals surface area (Å²) in [6, 6.07) is 0. The number of rotatable bonds is 20. The van der Waals surface area contributed by atoms with Crippen LogP contribution in [-0.4, -0.2) is 47.7 Å². The molecule has 5 nitrogen and oxygen atoms in total. The third-order valence-corrected chi connectivity index (χ3v) is 5.79. The van der Waals surface area contributed by atoms with Crippen LogP contribution < -0.4 is 0 Å². The first-order valence-corrected chi connectivity index (χ1v) is 11.6. The van der Waals surface area contributed by atoms with E-state index in [1.165, 1.54) is 64.2 Å². The Balaban J connectivity index is 4.27. The summed E-state index contributed by atoms with van der Waals surface area (Å²) in [5.41, 5.74) is -0.974. The second-order valence-corrected chi connectivity index (χ2v) is 8.42. The molecule has 0 spiro atoms. The highest BCUT2D eigenvalue weighted by Gasteiger charge is 2.28. The van der Waals surface area contributed by atoms with Crippen LogP contribution in [0.15, 0.2) is 0 Å². The van der Waals surface area contributed by atoms with E-state index in [1.807, 2.05) is 0 Å². The zero-order chi connectivity index (χ0) is 21.1. The fourth-order valence-electron chi connectivity index (χ4n) is 3.48. The van der Waals surface area contributed by atoms with Gasteiger partial charge in [0.25, 0.3) is 0 Å². The molecule has 168 valence electrons. The number of aliphatic hydroxyl groups excluding tert-OH is 3. The van der Waals surface area contributed by atoms with Gasteiger partial charge in [0.05, 0.1) is 26.4 Å². The first kappa shape index (κ1) is 27.4. The van der Waals surface area contributed by atoms with Gasteiger partial charge in [0.2, 0.25) is 0 Å². The van der Waals surface area contributed by atoms with Crippen LogP contribution in [0, 0.1) is 11.3 Å². The van der Waals surface area contributed by atoms with Crippen LogP contribution in [0.2, 0.25) is 0 Å². The van der Waals surface area contributed by atoms with E-state index in [-0.39, 0.29) is 38.8 Å². The number of carbonyl (C=O) groups is 1. The van der Waals surface area contributed by atoms with Gasteiger partial charge in [0.15, 0.2) is 0 Å². The van der Waals surface area contributed by atoms with E-state index >= 15 is 0 Å². The van der Waals surface area contributed by atoms with E-state index in [9.17, 15) is 20.1 Å². The van der Waals surface area contributed by atoms with E-state index in [0.717, 1.165) is 12.8 Å². The summed E-state index contributed by atoms with van der Waals surface area (Å²) >= 11 is 0. The summed E-state index contributed by atoms with van der Waals surface area (Å²) < 4.78 is 5.35. The lowest BCUT2D eigenvalue weighted by atomic mass is 9.88. The van der Waals surface area contributed by atoms with Crippen molar-refractivity contribution >= 4 is 5.97 Å². The highest BCUT2D eigenvalue weighted by molar-refractivity contribution is 5.69. The van der Waals surface area contributed by atoms with Crippen molar-refractivity contribution in [3.8, 4) is 0 Å². The number of unbranched alkanes of at least 4 members (excludes halogenated alkanes) is 8. The number of esters is 1. The maximum Gasteiger partial charge on any atom is 0.306 e. The van der Waals surface area contributed by atoms with E-state index < -0.39 is 5.41 Å². The summed E-state index contributed by atoms with van der Waals surface area (Å²) in [7, 11) is 0. The molecule has 0 aromatic heterocycles. The van der Waals surface area contributed by atoms with Gasteiger partial charge in [0.1, 0.15) is 0 Å². The molecular weight excluding hydrogens is 356 g/mol. The van der Waals surface area contributed by atoms with Crippen molar-refractivity contribution in [1.82, 2.24) is 0 Å². The average Bonchev–Trinajstić information content (AvgIpc) is 2.71. The number of ether oxygens (including phenoxy) is 1. The first-order valence-electron chi connectivity index (χ1n) is 11.6. The van der Waals surface area contributed by atoms with Crippen LogP contribution in [0.4, 0.5) is 0 Å². The summed E-state index contributed by atoms with van der Waals surface area (Å²) in [5, 5.41) is 28.0. The Labute approximate surface area is 172 Å². The molecule has 0 aliphatic carbocycles. The quantitative estimate of drug-likeness (QED) is 0.204. The molecule has 0 heterocycles. The molecule has 1 atom stereocenters. The highest BCUT2D eigenvalue weighted by atomic mass is 16.5. The Morgan fingerprint density at radius 1 is 0.786 bits per heavy atom. The monoisotopic (exact) mass is 402 g/mol. The van der Waals surface area contributed by atoms with Crippen molar-refractivity contribution in [1.29, 1.82) is 0 Å². The Hall–Kier alpha value is -0.650. The lowest BCUT2D eigenvalue weighted by molar-refractivity contribution is -0.146. The minimum Gasteiger partial charge on any atom is -0.466 e. The number of aliphatic hydroxyl groups is 3. The minimum absolute atomic E-state index is 0.125. The van der Waals surface area contributed by atoms with Gasteiger partial charge in [0, 0.05) is 11.8 Å². The molecule has 0 radical (unpaired) electrons. The average molecular weight is 403 g/mol. The summed E-state index contributed by atoms with van der Waals surface area (Å²) in [6.07, 6.45) is 15.3. The summed E-state index contributed by atoms with van der Waals surface area (Å²) in [5.74, 6) is 0.183. The molecule has 0 saturated carbocycles. The minimum atomic E-state index is -0.974. The maximum absolute atomic E-state index is 12.3. The third-order valence-electron chi connectivity index (χ3n) is 5.79. The fraction of sp³-hybridized carbons (Fsp3) is 0.957. The van der Waals surface area contributed by atoms with Gasteiger partial charge in [-0.2, -0.15) is 0 Å². The molecule has 28 heavy (non-hydrogen) atoms. The molecule has 0 aromatic rings. The van der Waals surface area contributed by atoms with Gasteiger partial charge >= 0.3 is 5.97 Å². The fourth-order valence-corrected chi connectivity index (χ4v) is 3.48. The predicted octanol–water partition coefficient (Wildman–Crippen LogP) is 4.61. The van der Waals surface area contributed by atoms with Gasteiger partial charge < -0.3 is 20.1 Å². The second kappa shape index (κ2) is 18.4. The van der Waals surface area contributed by atoms with Crippen molar-refractivity contribution in [3.63, 3.8) is 0 Å². The van der Waals surface area contributed by atoms with Crippen LogP contribution >= 0.6 is 0 Å². The van der Waals surface area contributed by atoms with Gasteiger partial charge in [-0.05, 0) is 25.2 Å². The third kappa shape index (κ3) is 13.5. The smallest absolute Gasteiger partial charge is 0.306 e. The molecule has 0 amide bonds. The molecule has 1 unspecified atom stereocenters. The molecule has 0 rings (SSSR count). The lowest BCUT2D eigenvalue weighted by Gasteiger charge is -2.27. The molecule has 3 N–H and O–H groups in total. The number of hydrogen-bond donors (Lipinski definition) is 3. The Morgan fingerprint density at radius 3 is 1.75 bits per heavy atom. The van der Waals surface area contributed by atoms with Crippen LogP contribution in [-0.2, 0) is 9.53 Å². The van der Waals surface area contributed by atoms with Gasteiger partial charge in [-0.25, -0.2) is 0 Å². The molecule has 0 saturated heterocycles. The van der Waals surface area contributed by atoms with Crippen molar-refractivity contribution in [3.05, 3.63) is 0 Å². The van der Waals surface area contributed by atoms with Gasteiger partial charge in [-0.15, -0.1) is 0 Å². The normalized spacial score (nSPS) is 12.9. The zero-order valence-electron chi connectivity index (χ0n) is 18.5. The number of carbonyl (C=O) groups excluding carboxylic acids is 1. The molecule has 0 aliphatic heterocycles. The molecule has 0 fully saturated rings. The molecule has 0 aliphatic rings. The topological polar surface area (TPSA) is 87.0 Å². The highest BCUT2D eigenvalue weighted by Crippen LogP contribution is 2.23. The molecule has 5 heteroatoms. The number of hydrogen-bond acceptors (Lipinski definition) is 5.